The monoisotopic (exact) mass is 874 g/mol. The molecule has 3 aromatic heterocycles. The van der Waals surface area contributed by atoms with E-state index in [2.05, 4.69) is 193 Å². The maximum Gasteiger partial charge on any atom is 0.264 e. The molecule has 0 saturated heterocycles. The average molecular weight is 875 g/mol. The van der Waals surface area contributed by atoms with Crippen molar-refractivity contribution in [3.05, 3.63) is 162 Å². The van der Waals surface area contributed by atoms with Crippen LogP contribution in [0.4, 0.5) is 34.1 Å². The highest BCUT2D eigenvalue weighted by Gasteiger charge is 2.48. The van der Waals surface area contributed by atoms with Crippen LogP contribution < -0.4 is 25.5 Å². The number of rotatable bonds is 4. The summed E-state index contributed by atoms with van der Waals surface area (Å²) in [4.78, 5) is 5.23. The van der Waals surface area contributed by atoms with Gasteiger partial charge in [0.25, 0.3) is 6.71 Å². The normalized spacial score (nSPS) is 13.9. The first-order chi connectivity index (χ1) is 31.7. The van der Waals surface area contributed by atoms with E-state index in [4.69, 9.17) is 8.83 Å². The molecule has 7 aromatic carbocycles. The zero-order chi connectivity index (χ0) is 45.1. The van der Waals surface area contributed by atoms with E-state index < -0.39 is 0 Å². The molecule has 0 amide bonds. The number of hydrogen-bond donors (Lipinski definition) is 0. The van der Waals surface area contributed by atoms with E-state index in [0.29, 0.717) is 5.92 Å². The van der Waals surface area contributed by atoms with E-state index >= 15 is 0 Å². The predicted octanol–water partition coefficient (Wildman–Crippen LogP) is 15.8. The zero-order valence-electron chi connectivity index (χ0n) is 39.1. The van der Waals surface area contributed by atoms with Gasteiger partial charge in [0.05, 0.1) is 11.4 Å². The Morgan fingerprint density at radius 2 is 1.23 bits per heavy atom. The molecule has 3 aliphatic heterocycles. The fraction of sp³-hybridized carbons (Fsp3) is 0.200. The van der Waals surface area contributed by atoms with Crippen molar-refractivity contribution in [1.82, 2.24) is 0 Å². The Morgan fingerprint density at radius 1 is 0.591 bits per heavy atom. The van der Waals surface area contributed by atoms with Gasteiger partial charge in [-0.1, -0.05) is 110 Å². The van der Waals surface area contributed by atoms with Crippen LogP contribution in [0, 0.1) is 6.92 Å². The third-order valence-corrected chi connectivity index (χ3v) is 15.7. The van der Waals surface area contributed by atoms with Crippen LogP contribution in [0.15, 0.2) is 148 Å². The van der Waals surface area contributed by atoms with E-state index in [0.717, 1.165) is 50.3 Å². The van der Waals surface area contributed by atoms with Crippen molar-refractivity contribution in [1.29, 1.82) is 0 Å². The minimum atomic E-state index is -0.0621. The van der Waals surface area contributed by atoms with E-state index in [9.17, 15) is 0 Å². The molecule has 0 unspecified atom stereocenters. The first kappa shape index (κ1) is 39.6. The Morgan fingerprint density at radius 3 is 1.86 bits per heavy atom. The zero-order valence-corrected chi connectivity index (χ0v) is 39.9. The highest BCUT2D eigenvalue weighted by Crippen LogP contribution is 2.59. The lowest BCUT2D eigenvalue weighted by Crippen LogP contribution is -2.60. The summed E-state index contributed by atoms with van der Waals surface area (Å²) in [6.07, 6.45) is 0. The van der Waals surface area contributed by atoms with Gasteiger partial charge in [0.1, 0.15) is 22.7 Å². The summed E-state index contributed by atoms with van der Waals surface area (Å²) in [5.41, 5.74) is 22.1. The molecule has 3 aliphatic rings. The number of thiophene rings is 1. The lowest BCUT2D eigenvalue weighted by molar-refractivity contribution is 0.589. The molecular weight excluding hydrogens is 824 g/mol. The topological polar surface area (TPSA) is 32.8 Å². The van der Waals surface area contributed by atoms with Crippen LogP contribution >= 0.6 is 11.3 Å². The van der Waals surface area contributed by atoms with E-state index in [1.54, 1.807) is 0 Å². The van der Waals surface area contributed by atoms with Crippen molar-refractivity contribution in [3.8, 4) is 33.8 Å². The third-order valence-electron chi connectivity index (χ3n) is 14.5. The Kier molecular flexibility index (Phi) is 8.19. The molecule has 0 spiro atoms. The first-order valence-electron chi connectivity index (χ1n) is 23.5. The fourth-order valence-corrected chi connectivity index (χ4v) is 12.5. The van der Waals surface area contributed by atoms with Gasteiger partial charge in [-0.25, -0.2) is 0 Å². The highest BCUT2D eigenvalue weighted by molar-refractivity contribution is 7.34. The van der Waals surface area contributed by atoms with E-state index in [1.165, 1.54) is 87.6 Å². The van der Waals surface area contributed by atoms with Crippen molar-refractivity contribution in [2.24, 2.45) is 0 Å². The second kappa shape index (κ2) is 13.7. The first-order valence-corrected chi connectivity index (χ1v) is 24.3. The molecule has 322 valence electrons. The van der Waals surface area contributed by atoms with Gasteiger partial charge in [0.15, 0.2) is 0 Å². The largest absolute Gasteiger partial charge is 0.456 e. The van der Waals surface area contributed by atoms with Gasteiger partial charge in [-0.3, -0.25) is 0 Å². The fourth-order valence-electron chi connectivity index (χ4n) is 11.2. The van der Waals surface area contributed by atoms with Crippen LogP contribution in [0.25, 0.3) is 65.8 Å². The molecular formula is C60H51BN2O2S. The van der Waals surface area contributed by atoms with Gasteiger partial charge in [0.2, 0.25) is 0 Å². The van der Waals surface area contributed by atoms with Crippen LogP contribution in [0.2, 0.25) is 0 Å². The summed E-state index contributed by atoms with van der Waals surface area (Å²) in [6, 6.07) is 51.8. The molecule has 0 fully saturated rings. The van der Waals surface area contributed by atoms with Crippen LogP contribution in [-0.2, 0) is 10.8 Å². The lowest BCUT2D eigenvalue weighted by atomic mass is 9.36. The number of benzene rings is 7. The van der Waals surface area contributed by atoms with Crippen molar-refractivity contribution >= 4 is 99.9 Å². The van der Waals surface area contributed by atoms with Crippen molar-refractivity contribution in [2.75, 3.05) is 9.80 Å². The summed E-state index contributed by atoms with van der Waals surface area (Å²) in [7, 11) is 0. The van der Waals surface area contributed by atoms with Crippen molar-refractivity contribution < 1.29 is 8.83 Å². The van der Waals surface area contributed by atoms with Crippen molar-refractivity contribution in [2.45, 2.75) is 79.1 Å². The molecule has 0 radical (unpaired) electrons. The number of fused-ring (bicyclic) bond motifs is 9. The van der Waals surface area contributed by atoms with E-state index in [1.807, 2.05) is 29.5 Å². The Hall–Kier alpha value is -6.76. The third kappa shape index (κ3) is 5.64. The second-order valence-corrected chi connectivity index (χ2v) is 22.3. The predicted molar refractivity (Wildman–Crippen MR) is 281 cm³/mol. The van der Waals surface area contributed by atoms with Gasteiger partial charge in [-0.15, -0.1) is 11.3 Å². The smallest absolute Gasteiger partial charge is 0.264 e. The molecule has 66 heavy (non-hydrogen) atoms. The van der Waals surface area contributed by atoms with Gasteiger partial charge in [-0.05, 0) is 147 Å². The molecule has 0 bridgehead atoms. The molecule has 13 rings (SSSR count). The summed E-state index contributed by atoms with van der Waals surface area (Å²) < 4.78 is 15.7. The van der Waals surface area contributed by atoms with Gasteiger partial charge in [0, 0.05) is 65.1 Å². The minimum absolute atomic E-state index is 0.00750. The molecule has 0 atom stereocenters. The number of hydrogen-bond acceptors (Lipinski definition) is 5. The molecule has 0 N–H and O–H groups in total. The molecule has 4 nitrogen and oxygen atoms in total. The maximum absolute atomic E-state index is 6.61. The van der Waals surface area contributed by atoms with Crippen LogP contribution in [0.3, 0.4) is 0 Å². The standard InChI is InChI=1S/C60H51BN2O2S/c1-33(2)39-28-46-55-47(29-39)63-56-34(3)26-40(59(4,5)6)32-42(56)53-43(60(7,8)9)23-25-52-54(53)57(63)58(66-52)61(55)44-27-38(51-31-37-15-11-13-17-49(37)65-51)20-24-45(44)62(46)41-21-18-35(19-22-41)50-30-36-14-10-12-16-48(36)64-50/h10-33H,1-9H3. The van der Waals surface area contributed by atoms with E-state index in [-0.39, 0.29) is 17.5 Å². The molecule has 6 heterocycles. The summed E-state index contributed by atoms with van der Waals surface area (Å²) in [5, 5.41) is 3.61. The molecule has 0 saturated carbocycles. The number of para-hydroxylation sites is 2. The van der Waals surface area contributed by atoms with Crippen LogP contribution in [0.1, 0.15) is 83.6 Å². The van der Waals surface area contributed by atoms with Gasteiger partial charge in [-0.2, -0.15) is 0 Å². The second-order valence-electron chi connectivity index (χ2n) is 21.2. The maximum atomic E-state index is 6.61. The summed E-state index contributed by atoms with van der Waals surface area (Å²) in [5.74, 6) is 2.06. The SMILES string of the molecule is Cc1cc(C(C)(C)C)cc2c1N1c3cc(C(C)C)cc4c3B(c3cc(-c5cc6ccccc6o5)ccc3N4c3ccc(-c4cc5ccccc5o4)cc3)c3sc4ccc(C(C)(C)C)c-2c4c31. The minimum Gasteiger partial charge on any atom is -0.456 e. The average Bonchev–Trinajstić information content (AvgIpc) is 4.04. The molecule has 0 aliphatic carbocycles. The highest BCUT2D eigenvalue weighted by atomic mass is 32.1. The van der Waals surface area contributed by atoms with Gasteiger partial charge < -0.3 is 18.6 Å². The molecule has 10 aromatic rings. The van der Waals surface area contributed by atoms with Crippen LogP contribution in [0.5, 0.6) is 0 Å². The Balaban J connectivity index is 1.12. The number of nitrogens with zero attached hydrogens (tertiary/aromatic N) is 2. The summed E-state index contributed by atoms with van der Waals surface area (Å²) >= 11 is 1.99. The summed E-state index contributed by atoms with van der Waals surface area (Å²) in [6.45, 7) is 21.2. The number of anilines is 6. The van der Waals surface area contributed by atoms with Crippen LogP contribution in [-0.4, -0.2) is 6.71 Å². The lowest BCUT2D eigenvalue weighted by Gasteiger charge is -2.46. The van der Waals surface area contributed by atoms with Crippen molar-refractivity contribution in [3.63, 3.8) is 0 Å². The quantitative estimate of drug-likeness (QED) is 0.165. The van der Waals surface area contributed by atoms with Gasteiger partial charge >= 0.3 is 0 Å². The number of furan rings is 2. The number of aryl methyl sites for hydroxylation is 1. The Labute approximate surface area is 391 Å². The molecule has 6 heteroatoms. The Bertz CT molecular complexity index is 3620.